The van der Waals surface area contributed by atoms with Crippen molar-refractivity contribution in [1.29, 1.82) is 0 Å². The second-order valence-electron chi connectivity index (χ2n) is 4.80. The minimum Gasteiger partial charge on any atom is -0.508 e. The topological polar surface area (TPSA) is 50.4 Å². The van der Waals surface area contributed by atoms with Gasteiger partial charge in [-0.15, -0.1) is 0 Å². The molecule has 0 fully saturated rings. The van der Waals surface area contributed by atoms with Gasteiger partial charge in [0.2, 0.25) is 0 Å². The molecule has 0 unspecified atom stereocenters. The average molecular weight is 254 g/mol. The van der Waals surface area contributed by atoms with Gasteiger partial charge in [0.05, 0.1) is 11.3 Å². The fourth-order valence-electron chi connectivity index (χ4n) is 2.42. The van der Waals surface area contributed by atoms with Crippen LogP contribution in [-0.4, -0.2) is 5.11 Å². The Hall–Kier alpha value is -2.29. The van der Waals surface area contributed by atoms with Gasteiger partial charge < -0.3 is 9.52 Å². The Labute approximate surface area is 110 Å². The number of hydrogen-bond acceptors (Lipinski definition) is 3. The van der Waals surface area contributed by atoms with Crippen LogP contribution in [0.1, 0.15) is 22.8 Å². The molecule has 1 heterocycles. The SMILES string of the molecule is Cc1c(C2C=CC=C2)oc2c(C)c(O)ccc2c1=O. The van der Waals surface area contributed by atoms with Crippen molar-refractivity contribution in [2.24, 2.45) is 0 Å². The monoisotopic (exact) mass is 254 g/mol. The van der Waals surface area contributed by atoms with Crippen LogP contribution in [0.25, 0.3) is 11.0 Å². The maximum absolute atomic E-state index is 12.4. The number of aryl methyl sites for hydroxylation is 1. The van der Waals surface area contributed by atoms with Gasteiger partial charge >= 0.3 is 0 Å². The molecule has 0 saturated heterocycles. The summed E-state index contributed by atoms with van der Waals surface area (Å²) in [6, 6.07) is 3.14. The third-order valence-electron chi connectivity index (χ3n) is 3.59. The van der Waals surface area contributed by atoms with Crippen molar-refractivity contribution in [3.05, 3.63) is 63.5 Å². The van der Waals surface area contributed by atoms with E-state index in [0.29, 0.717) is 27.9 Å². The van der Waals surface area contributed by atoms with E-state index in [2.05, 4.69) is 0 Å². The molecule has 0 atom stereocenters. The van der Waals surface area contributed by atoms with Gasteiger partial charge in [-0.2, -0.15) is 0 Å². The summed E-state index contributed by atoms with van der Waals surface area (Å²) in [5.41, 5.74) is 1.66. The summed E-state index contributed by atoms with van der Waals surface area (Å²) >= 11 is 0. The number of phenolic OH excluding ortho intramolecular Hbond substituents is 1. The molecule has 3 rings (SSSR count). The first kappa shape index (κ1) is 11.8. The molecule has 1 aliphatic rings. The summed E-state index contributed by atoms with van der Waals surface area (Å²) < 4.78 is 5.91. The lowest BCUT2D eigenvalue weighted by Crippen LogP contribution is -2.10. The van der Waals surface area contributed by atoms with Crippen LogP contribution in [0.4, 0.5) is 0 Å². The predicted octanol–water partition coefficient (Wildman–Crippen LogP) is 3.33. The van der Waals surface area contributed by atoms with Crippen LogP contribution in [0.2, 0.25) is 0 Å². The second-order valence-corrected chi connectivity index (χ2v) is 4.80. The lowest BCUT2D eigenvalue weighted by molar-refractivity contribution is 0.467. The first-order valence-corrected chi connectivity index (χ1v) is 6.20. The van der Waals surface area contributed by atoms with E-state index in [0.717, 1.165) is 0 Å². The Morgan fingerprint density at radius 1 is 1.11 bits per heavy atom. The largest absolute Gasteiger partial charge is 0.508 e. The van der Waals surface area contributed by atoms with Gasteiger partial charge in [-0.25, -0.2) is 0 Å². The molecule has 0 spiro atoms. The summed E-state index contributed by atoms with van der Waals surface area (Å²) in [6.07, 6.45) is 7.83. The Balaban J connectivity index is 2.39. The Bertz CT molecular complexity index is 767. The highest BCUT2D eigenvalue weighted by Gasteiger charge is 2.19. The molecule has 1 aromatic heterocycles. The maximum atomic E-state index is 12.4. The summed E-state index contributed by atoms with van der Waals surface area (Å²) in [4.78, 5) is 12.4. The molecule has 2 aromatic rings. The average Bonchev–Trinajstić information content (AvgIpc) is 2.92. The summed E-state index contributed by atoms with van der Waals surface area (Å²) in [5.74, 6) is 0.790. The molecule has 96 valence electrons. The van der Waals surface area contributed by atoms with Crippen molar-refractivity contribution in [2.75, 3.05) is 0 Å². The molecule has 1 N–H and O–H groups in total. The fraction of sp³-hybridized carbons (Fsp3) is 0.188. The molecule has 1 aliphatic carbocycles. The highest BCUT2D eigenvalue weighted by atomic mass is 16.3. The Morgan fingerprint density at radius 2 is 1.79 bits per heavy atom. The zero-order valence-electron chi connectivity index (χ0n) is 10.8. The van der Waals surface area contributed by atoms with Gasteiger partial charge in [-0.1, -0.05) is 24.3 Å². The number of aromatic hydroxyl groups is 1. The third-order valence-corrected chi connectivity index (χ3v) is 3.59. The molecule has 1 aromatic carbocycles. The highest BCUT2D eigenvalue weighted by molar-refractivity contribution is 5.82. The van der Waals surface area contributed by atoms with E-state index >= 15 is 0 Å². The lowest BCUT2D eigenvalue weighted by atomic mass is 10.0. The highest BCUT2D eigenvalue weighted by Crippen LogP contribution is 2.31. The molecule has 19 heavy (non-hydrogen) atoms. The molecule has 0 saturated carbocycles. The van der Waals surface area contributed by atoms with E-state index in [-0.39, 0.29) is 17.1 Å². The van der Waals surface area contributed by atoms with E-state index in [4.69, 9.17) is 4.42 Å². The molecule has 3 heteroatoms. The first-order chi connectivity index (χ1) is 9.09. The standard InChI is InChI=1S/C16H14O3/c1-9-13(17)8-7-12-14(18)10(2)15(19-16(9)12)11-5-3-4-6-11/h3-8,11,17H,1-2H3. The van der Waals surface area contributed by atoms with E-state index < -0.39 is 0 Å². The van der Waals surface area contributed by atoms with Gasteiger partial charge in [0.1, 0.15) is 17.1 Å². The number of benzene rings is 1. The van der Waals surface area contributed by atoms with Crippen molar-refractivity contribution in [2.45, 2.75) is 19.8 Å². The van der Waals surface area contributed by atoms with E-state index in [1.54, 1.807) is 19.9 Å². The zero-order valence-corrected chi connectivity index (χ0v) is 10.8. The Morgan fingerprint density at radius 3 is 2.47 bits per heavy atom. The number of allylic oxidation sites excluding steroid dienone is 4. The van der Waals surface area contributed by atoms with Crippen molar-refractivity contribution < 1.29 is 9.52 Å². The van der Waals surface area contributed by atoms with Gasteiger partial charge in [0.15, 0.2) is 5.43 Å². The molecular weight excluding hydrogens is 240 g/mol. The predicted molar refractivity (Wildman–Crippen MR) is 74.6 cm³/mol. The number of hydrogen-bond donors (Lipinski definition) is 1. The van der Waals surface area contributed by atoms with Gasteiger partial charge in [0.25, 0.3) is 0 Å². The van der Waals surface area contributed by atoms with Crippen LogP contribution in [0, 0.1) is 13.8 Å². The molecule has 0 amide bonds. The zero-order chi connectivity index (χ0) is 13.6. The summed E-state index contributed by atoms with van der Waals surface area (Å²) in [7, 11) is 0. The van der Waals surface area contributed by atoms with Crippen LogP contribution in [-0.2, 0) is 0 Å². The number of phenols is 1. The normalized spacial score (nSPS) is 14.6. The molecular formula is C16H14O3. The van der Waals surface area contributed by atoms with E-state index in [1.165, 1.54) is 6.07 Å². The van der Waals surface area contributed by atoms with Crippen LogP contribution in [0.3, 0.4) is 0 Å². The third kappa shape index (κ3) is 1.70. The van der Waals surface area contributed by atoms with Crippen molar-refractivity contribution >= 4 is 11.0 Å². The second kappa shape index (κ2) is 4.12. The number of rotatable bonds is 1. The van der Waals surface area contributed by atoms with Crippen molar-refractivity contribution in [1.82, 2.24) is 0 Å². The van der Waals surface area contributed by atoms with Crippen molar-refractivity contribution in [3.63, 3.8) is 0 Å². The first-order valence-electron chi connectivity index (χ1n) is 6.20. The molecule has 0 radical (unpaired) electrons. The van der Waals surface area contributed by atoms with Gasteiger partial charge in [-0.3, -0.25) is 4.79 Å². The van der Waals surface area contributed by atoms with Crippen LogP contribution < -0.4 is 5.43 Å². The number of fused-ring (bicyclic) bond motifs is 1. The van der Waals surface area contributed by atoms with E-state index in [9.17, 15) is 9.90 Å². The maximum Gasteiger partial charge on any atom is 0.195 e. The molecule has 0 aliphatic heterocycles. The van der Waals surface area contributed by atoms with Crippen LogP contribution in [0.5, 0.6) is 5.75 Å². The fourth-order valence-corrected chi connectivity index (χ4v) is 2.42. The van der Waals surface area contributed by atoms with Crippen LogP contribution in [0.15, 0.2) is 45.6 Å². The summed E-state index contributed by atoms with van der Waals surface area (Å²) in [5, 5.41) is 10.3. The minimum atomic E-state index is -0.0342. The quantitative estimate of drug-likeness (QED) is 0.849. The van der Waals surface area contributed by atoms with Crippen LogP contribution >= 0.6 is 0 Å². The van der Waals surface area contributed by atoms with Crippen molar-refractivity contribution in [3.8, 4) is 5.75 Å². The van der Waals surface area contributed by atoms with Gasteiger partial charge in [0, 0.05) is 11.1 Å². The minimum absolute atomic E-state index is 0.00107. The van der Waals surface area contributed by atoms with Gasteiger partial charge in [-0.05, 0) is 26.0 Å². The smallest absolute Gasteiger partial charge is 0.195 e. The summed E-state index contributed by atoms with van der Waals surface area (Å²) in [6.45, 7) is 3.53. The molecule has 0 bridgehead atoms. The van der Waals surface area contributed by atoms with E-state index in [1.807, 2.05) is 24.3 Å². The Kier molecular flexibility index (Phi) is 2.56. The lowest BCUT2D eigenvalue weighted by Gasteiger charge is -2.11. The molecule has 3 nitrogen and oxygen atoms in total.